The van der Waals surface area contributed by atoms with Crippen molar-refractivity contribution in [3.05, 3.63) is 53.9 Å². The van der Waals surface area contributed by atoms with Crippen LogP contribution in [0.3, 0.4) is 0 Å². The monoisotopic (exact) mass is 363 g/mol. The molecule has 0 aliphatic rings. The summed E-state index contributed by atoms with van der Waals surface area (Å²) in [4.78, 5) is 13.2. The van der Waals surface area contributed by atoms with Crippen molar-refractivity contribution in [3.63, 3.8) is 0 Å². The Kier molecular flexibility index (Phi) is 4.40. The Morgan fingerprint density at radius 3 is 2.69 bits per heavy atom. The molecule has 0 saturated carbocycles. The Hall–Kier alpha value is -3.13. The molecule has 0 amide bonds. The summed E-state index contributed by atoms with van der Waals surface area (Å²) in [5, 5.41) is 16.7. The fourth-order valence-corrected chi connectivity index (χ4v) is 3.17. The van der Waals surface area contributed by atoms with Gasteiger partial charge in [-0.2, -0.15) is 0 Å². The molecule has 26 heavy (non-hydrogen) atoms. The van der Waals surface area contributed by atoms with Crippen molar-refractivity contribution in [2.75, 3.05) is 10.6 Å². The number of nitrogens with one attached hydrogen (secondary N) is 2. The molecule has 0 bridgehead atoms. The molecule has 0 atom stereocenters. The van der Waals surface area contributed by atoms with E-state index in [0.29, 0.717) is 11.7 Å². The van der Waals surface area contributed by atoms with Gasteiger partial charge in [0.05, 0.1) is 23.1 Å². The third-order valence-corrected chi connectivity index (χ3v) is 4.83. The zero-order chi connectivity index (χ0) is 17.9. The van der Waals surface area contributed by atoms with Gasteiger partial charge in [-0.3, -0.25) is 9.97 Å². The van der Waals surface area contributed by atoms with Gasteiger partial charge in [0, 0.05) is 18.3 Å². The van der Waals surface area contributed by atoms with Crippen molar-refractivity contribution in [2.45, 2.75) is 19.8 Å². The highest BCUT2D eigenvalue weighted by atomic mass is 32.1. The maximum absolute atomic E-state index is 4.70. The largest absolute Gasteiger partial charge is 0.352 e. The fraction of sp³-hybridized carbons (Fsp3) is 0.167. The molecule has 0 aliphatic carbocycles. The van der Waals surface area contributed by atoms with Crippen LogP contribution in [0, 0.1) is 0 Å². The molecule has 8 heteroatoms. The molecule has 0 aromatic carbocycles. The molecule has 0 saturated heterocycles. The summed E-state index contributed by atoms with van der Waals surface area (Å²) < 4.78 is 0. The van der Waals surface area contributed by atoms with Crippen molar-refractivity contribution in [2.24, 2.45) is 0 Å². The second-order valence-corrected chi connectivity index (χ2v) is 7.02. The average Bonchev–Trinajstić information content (AvgIpc) is 3.12. The van der Waals surface area contributed by atoms with E-state index in [-0.39, 0.29) is 0 Å². The highest BCUT2D eigenvalue weighted by Gasteiger charge is 2.10. The van der Waals surface area contributed by atoms with E-state index in [2.05, 4.69) is 44.6 Å². The van der Waals surface area contributed by atoms with Gasteiger partial charge in [0.1, 0.15) is 16.3 Å². The van der Waals surface area contributed by atoms with Crippen LogP contribution in [0.4, 0.5) is 22.3 Å². The first-order chi connectivity index (χ1) is 12.7. The Balaban J connectivity index is 1.65. The van der Waals surface area contributed by atoms with E-state index in [9.17, 15) is 0 Å². The summed E-state index contributed by atoms with van der Waals surface area (Å²) >= 11 is 1.54. The lowest BCUT2D eigenvalue weighted by atomic mass is 10.2. The summed E-state index contributed by atoms with van der Waals surface area (Å²) in [5.41, 5.74) is 3.34. The summed E-state index contributed by atoms with van der Waals surface area (Å²) in [6.45, 7) is 4.20. The number of anilines is 4. The summed E-state index contributed by atoms with van der Waals surface area (Å²) in [6.07, 6.45) is 5.27. The van der Waals surface area contributed by atoms with Crippen LogP contribution in [-0.2, 0) is 0 Å². The lowest BCUT2D eigenvalue weighted by Crippen LogP contribution is -1.98. The summed E-state index contributed by atoms with van der Waals surface area (Å²) in [7, 11) is 0. The highest BCUT2D eigenvalue weighted by Crippen LogP contribution is 2.28. The first-order valence-electron chi connectivity index (χ1n) is 8.22. The van der Waals surface area contributed by atoms with E-state index in [1.165, 1.54) is 11.3 Å². The molecule has 130 valence electrons. The molecular formula is C18H17N7S. The van der Waals surface area contributed by atoms with Crippen molar-refractivity contribution in [3.8, 4) is 0 Å². The van der Waals surface area contributed by atoms with Crippen LogP contribution < -0.4 is 10.6 Å². The lowest BCUT2D eigenvalue weighted by Gasteiger charge is -2.09. The van der Waals surface area contributed by atoms with Crippen LogP contribution in [0.2, 0.25) is 0 Å². The van der Waals surface area contributed by atoms with Gasteiger partial charge < -0.3 is 10.6 Å². The van der Waals surface area contributed by atoms with Crippen LogP contribution in [0.5, 0.6) is 0 Å². The second kappa shape index (κ2) is 7.01. The van der Waals surface area contributed by atoms with Gasteiger partial charge in [0.2, 0.25) is 5.13 Å². The molecule has 0 fully saturated rings. The maximum atomic E-state index is 4.70. The SMILES string of the molecule is CC(C)c1nnc(Nc2ccc3nccc(Nc4cccnc4)c3n2)s1. The normalized spacial score (nSPS) is 11.0. The molecule has 2 N–H and O–H groups in total. The minimum atomic E-state index is 0.354. The van der Waals surface area contributed by atoms with Gasteiger partial charge in [-0.15, -0.1) is 10.2 Å². The summed E-state index contributed by atoms with van der Waals surface area (Å²) in [5.74, 6) is 1.05. The molecule has 0 radical (unpaired) electrons. The zero-order valence-corrected chi connectivity index (χ0v) is 15.2. The molecule has 4 rings (SSSR count). The van der Waals surface area contributed by atoms with Crippen molar-refractivity contribution >= 4 is 44.7 Å². The van der Waals surface area contributed by atoms with Crippen LogP contribution >= 0.6 is 11.3 Å². The van der Waals surface area contributed by atoms with E-state index in [4.69, 9.17) is 4.98 Å². The fourth-order valence-electron chi connectivity index (χ4n) is 2.42. The Bertz CT molecular complexity index is 1030. The van der Waals surface area contributed by atoms with Crippen molar-refractivity contribution < 1.29 is 0 Å². The minimum absolute atomic E-state index is 0.354. The Labute approximate surface area is 154 Å². The van der Waals surface area contributed by atoms with E-state index < -0.39 is 0 Å². The number of hydrogen-bond donors (Lipinski definition) is 2. The van der Waals surface area contributed by atoms with Crippen molar-refractivity contribution in [1.82, 2.24) is 25.1 Å². The first kappa shape index (κ1) is 16.3. The van der Waals surface area contributed by atoms with Crippen LogP contribution in [0.15, 0.2) is 48.9 Å². The molecule has 4 aromatic heterocycles. The minimum Gasteiger partial charge on any atom is -0.352 e. The molecule has 7 nitrogen and oxygen atoms in total. The molecule has 4 aromatic rings. The first-order valence-corrected chi connectivity index (χ1v) is 9.04. The predicted octanol–water partition coefficient (Wildman–Crippen LogP) is 4.49. The number of hydrogen-bond acceptors (Lipinski definition) is 8. The van der Waals surface area contributed by atoms with E-state index >= 15 is 0 Å². The van der Waals surface area contributed by atoms with E-state index in [1.807, 2.05) is 30.3 Å². The molecule has 0 unspecified atom stereocenters. The van der Waals surface area contributed by atoms with E-state index in [1.54, 1.807) is 18.6 Å². The standard InChI is InChI=1S/C18H17N7S/c1-11(2)17-24-25-18(26-17)23-15-6-5-13-16(22-15)14(7-9-20-13)21-12-4-3-8-19-10-12/h3-11H,1-2H3,(H,20,21)(H,22,23,25). The quantitative estimate of drug-likeness (QED) is 0.540. The third-order valence-electron chi connectivity index (χ3n) is 3.69. The predicted molar refractivity (Wildman–Crippen MR) is 104 cm³/mol. The van der Waals surface area contributed by atoms with Crippen molar-refractivity contribution in [1.29, 1.82) is 0 Å². The number of nitrogens with zero attached hydrogens (tertiary/aromatic N) is 5. The molecule has 4 heterocycles. The van der Waals surface area contributed by atoms with Crippen LogP contribution in [-0.4, -0.2) is 25.1 Å². The topological polar surface area (TPSA) is 88.5 Å². The van der Waals surface area contributed by atoms with Crippen LogP contribution in [0.1, 0.15) is 24.8 Å². The average molecular weight is 363 g/mol. The smallest absolute Gasteiger partial charge is 0.211 e. The highest BCUT2D eigenvalue weighted by molar-refractivity contribution is 7.15. The zero-order valence-electron chi connectivity index (χ0n) is 14.3. The number of pyridine rings is 3. The second-order valence-electron chi connectivity index (χ2n) is 6.01. The number of rotatable bonds is 5. The molecule has 0 aliphatic heterocycles. The van der Waals surface area contributed by atoms with E-state index in [0.717, 1.165) is 32.5 Å². The Morgan fingerprint density at radius 1 is 1.00 bits per heavy atom. The van der Waals surface area contributed by atoms with Gasteiger partial charge in [0.15, 0.2) is 0 Å². The van der Waals surface area contributed by atoms with Gasteiger partial charge in [-0.25, -0.2) is 4.98 Å². The van der Waals surface area contributed by atoms with Crippen LogP contribution in [0.25, 0.3) is 11.0 Å². The molecular weight excluding hydrogens is 346 g/mol. The van der Waals surface area contributed by atoms with Gasteiger partial charge in [-0.05, 0) is 30.3 Å². The lowest BCUT2D eigenvalue weighted by molar-refractivity contribution is 0.825. The van der Waals surface area contributed by atoms with Gasteiger partial charge in [0.25, 0.3) is 0 Å². The van der Waals surface area contributed by atoms with Gasteiger partial charge >= 0.3 is 0 Å². The third kappa shape index (κ3) is 3.45. The Morgan fingerprint density at radius 2 is 1.92 bits per heavy atom. The summed E-state index contributed by atoms with van der Waals surface area (Å²) in [6, 6.07) is 9.56. The van der Waals surface area contributed by atoms with Gasteiger partial charge in [-0.1, -0.05) is 25.2 Å². The maximum Gasteiger partial charge on any atom is 0.211 e. The number of fused-ring (bicyclic) bond motifs is 1. The number of aromatic nitrogens is 5. The molecule has 0 spiro atoms.